The van der Waals surface area contributed by atoms with Crippen molar-refractivity contribution in [2.24, 2.45) is 5.92 Å². The summed E-state index contributed by atoms with van der Waals surface area (Å²) in [7, 11) is 0. The largest absolute Gasteiger partial charge is 0.310 e. The maximum atomic E-state index is 3.80. The van der Waals surface area contributed by atoms with Crippen molar-refractivity contribution in [2.45, 2.75) is 32.2 Å². The van der Waals surface area contributed by atoms with E-state index in [1.54, 1.807) is 0 Å². The number of fused-ring (bicyclic) bond motifs is 1. The summed E-state index contributed by atoms with van der Waals surface area (Å²) in [5.41, 5.74) is 3.03. The molecule has 1 saturated heterocycles. The van der Waals surface area contributed by atoms with Crippen LogP contribution in [-0.2, 0) is 6.42 Å². The predicted molar refractivity (Wildman–Crippen MR) is 83.4 cm³/mol. The van der Waals surface area contributed by atoms with Gasteiger partial charge in [0, 0.05) is 17.1 Å². The van der Waals surface area contributed by atoms with Crippen molar-refractivity contribution >= 4 is 15.9 Å². The van der Waals surface area contributed by atoms with Crippen LogP contribution >= 0.6 is 15.9 Å². The number of rotatable bonds is 4. The zero-order valence-corrected chi connectivity index (χ0v) is 13.2. The molecule has 0 saturated carbocycles. The first kappa shape index (κ1) is 13.6. The molecular weight excluding hydrogens is 300 g/mol. The standard InChI is InChI=1S/C16H23BrN2/c1-2-19-9-8-12(11-19)10-18-16-7-6-13-14(16)4-3-5-15(13)17/h3-5,12,16,18H,2,6-11H2,1H3. The molecule has 1 heterocycles. The van der Waals surface area contributed by atoms with Gasteiger partial charge in [-0.05, 0) is 62.0 Å². The molecule has 0 radical (unpaired) electrons. The number of nitrogens with one attached hydrogen (secondary N) is 1. The van der Waals surface area contributed by atoms with E-state index in [9.17, 15) is 0 Å². The second-order valence-corrected chi connectivity index (χ2v) is 6.71. The van der Waals surface area contributed by atoms with Crippen LogP contribution in [-0.4, -0.2) is 31.1 Å². The first-order valence-electron chi connectivity index (χ1n) is 7.51. The lowest BCUT2D eigenvalue weighted by Gasteiger charge is -2.18. The first-order valence-corrected chi connectivity index (χ1v) is 8.30. The monoisotopic (exact) mass is 322 g/mol. The Hall–Kier alpha value is -0.380. The minimum absolute atomic E-state index is 0.572. The van der Waals surface area contributed by atoms with Crippen LogP contribution in [0.2, 0.25) is 0 Å². The summed E-state index contributed by atoms with van der Waals surface area (Å²) in [5.74, 6) is 0.844. The molecule has 0 aromatic heterocycles. The summed E-state index contributed by atoms with van der Waals surface area (Å²) in [6.45, 7) is 7.21. The van der Waals surface area contributed by atoms with E-state index in [0.717, 1.165) is 5.92 Å². The second-order valence-electron chi connectivity index (χ2n) is 5.86. The van der Waals surface area contributed by atoms with Gasteiger partial charge in [-0.1, -0.05) is 35.0 Å². The fraction of sp³-hybridized carbons (Fsp3) is 0.625. The van der Waals surface area contributed by atoms with Gasteiger partial charge in [0.1, 0.15) is 0 Å². The minimum atomic E-state index is 0.572. The predicted octanol–water partition coefficient (Wildman–Crippen LogP) is 3.37. The summed E-state index contributed by atoms with van der Waals surface area (Å²) in [5, 5.41) is 3.80. The van der Waals surface area contributed by atoms with Crippen LogP contribution in [0.1, 0.15) is 36.9 Å². The molecule has 0 bridgehead atoms. The number of nitrogens with zero attached hydrogens (tertiary/aromatic N) is 1. The van der Waals surface area contributed by atoms with E-state index in [-0.39, 0.29) is 0 Å². The molecule has 0 amide bonds. The molecular formula is C16H23BrN2. The lowest BCUT2D eigenvalue weighted by molar-refractivity contribution is 0.335. The number of likely N-dealkylation sites (tertiary alicyclic amines) is 1. The van der Waals surface area contributed by atoms with Gasteiger partial charge >= 0.3 is 0 Å². The van der Waals surface area contributed by atoms with Gasteiger partial charge < -0.3 is 10.2 Å². The van der Waals surface area contributed by atoms with E-state index in [1.807, 2.05) is 0 Å². The van der Waals surface area contributed by atoms with Crippen LogP contribution in [0.15, 0.2) is 22.7 Å². The fourth-order valence-electron chi connectivity index (χ4n) is 3.50. The van der Waals surface area contributed by atoms with Crippen LogP contribution in [0.25, 0.3) is 0 Å². The van der Waals surface area contributed by atoms with E-state index in [0.29, 0.717) is 6.04 Å². The Morgan fingerprint density at radius 3 is 3.05 bits per heavy atom. The number of halogens is 1. The van der Waals surface area contributed by atoms with Gasteiger partial charge in [0.25, 0.3) is 0 Å². The molecule has 1 aromatic rings. The highest BCUT2D eigenvalue weighted by Crippen LogP contribution is 2.35. The van der Waals surface area contributed by atoms with Crippen molar-refractivity contribution in [1.82, 2.24) is 10.2 Å². The molecule has 2 nitrogen and oxygen atoms in total. The van der Waals surface area contributed by atoms with Crippen LogP contribution in [0.3, 0.4) is 0 Å². The third-order valence-electron chi connectivity index (χ3n) is 4.68. The van der Waals surface area contributed by atoms with Gasteiger partial charge in [0.05, 0.1) is 0 Å². The van der Waals surface area contributed by atoms with E-state index >= 15 is 0 Å². The van der Waals surface area contributed by atoms with E-state index < -0.39 is 0 Å². The average Bonchev–Trinajstić information content (AvgIpc) is 3.03. The molecule has 1 aliphatic heterocycles. The molecule has 1 N–H and O–H groups in total. The summed E-state index contributed by atoms with van der Waals surface area (Å²) in [6.07, 6.45) is 3.82. The van der Waals surface area contributed by atoms with E-state index in [1.165, 1.54) is 61.0 Å². The summed E-state index contributed by atoms with van der Waals surface area (Å²) in [6, 6.07) is 7.19. The van der Waals surface area contributed by atoms with Gasteiger partial charge in [-0.3, -0.25) is 0 Å². The fourth-order valence-corrected chi connectivity index (χ4v) is 4.08. The molecule has 1 aromatic carbocycles. The van der Waals surface area contributed by atoms with Gasteiger partial charge in [-0.25, -0.2) is 0 Å². The van der Waals surface area contributed by atoms with E-state index in [4.69, 9.17) is 0 Å². The van der Waals surface area contributed by atoms with Crippen molar-refractivity contribution in [2.75, 3.05) is 26.2 Å². The first-order chi connectivity index (χ1) is 9.28. The number of hydrogen-bond acceptors (Lipinski definition) is 2. The second kappa shape index (κ2) is 5.94. The van der Waals surface area contributed by atoms with Crippen LogP contribution in [0.5, 0.6) is 0 Å². The lowest BCUT2D eigenvalue weighted by atomic mass is 10.1. The van der Waals surface area contributed by atoms with Gasteiger partial charge in [0.15, 0.2) is 0 Å². The van der Waals surface area contributed by atoms with Crippen molar-refractivity contribution in [1.29, 1.82) is 0 Å². The smallest absolute Gasteiger partial charge is 0.0326 e. The molecule has 3 rings (SSSR count). The Kier molecular flexibility index (Phi) is 4.25. The number of benzene rings is 1. The van der Waals surface area contributed by atoms with E-state index in [2.05, 4.69) is 51.3 Å². The van der Waals surface area contributed by atoms with Crippen LogP contribution < -0.4 is 5.32 Å². The average molecular weight is 323 g/mol. The molecule has 2 unspecified atom stereocenters. The van der Waals surface area contributed by atoms with Crippen molar-refractivity contribution in [3.63, 3.8) is 0 Å². The number of hydrogen-bond donors (Lipinski definition) is 1. The topological polar surface area (TPSA) is 15.3 Å². The third kappa shape index (κ3) is 2.88. The summed E-state index contributed by atoms with van der Waals surface area (Å²) in [4.78, 5) is 2.56. The Labute approximate surface area is 124 Å². The van der Waals surface area contributed by atoms with Gasteiger partial charge in [0.2, 0.25) is 0 Å². The molecule has 19 heavy (non-hydrogen) atoms. The normalized spacial score (nSPS) is 26.8. The Balaban J connectivity index is 1.57. The highest BCUT2D eigenvalue weighted by Gasteiger charge is 2.26. The third-order valence-corrected chi connectivity index (χ3v) is 5.43. The lowest BCUT2D eigenvalue weighted by Crippen LogP contribution is -2.28. The summed E-state index contributed by atoms with van der Waals surface area (Å²) < 4.78 is 1.28. The highest BCUT2D eigenvalue weighted by molar-refractivity contribution is 9.10. The van der Waals surface area contributed by atoms with Gasteiger partial charge in [-0.2, -0.15) is 0 Å². The SMILES string of the molecule is CCN1CCC(CNC2CCc3c(Br)cccc32)C1. The van der Waals surface area contributed by atoms with Crippen molar-refractivity contribution in [3.8, 4) is 0 Å². The Morgan fingerprint density at radius 2 is 2.26 bits per heavy atom. The molecule has 1 fully saturated rings. The maximum absolute atomic E-state index is 3.80. The molecule has 2 aliphatic rings. The maximum Gasteiger partial charge on any atom is 0.0326 e. The molecule has 2 atom stereocenters. The minimum Gasteiger partial charge on any atom is -0.310 e. The Bertz CT molecular complexity index is 446. The Morgan fingerprint density at radius 1 is 1.37 bits per heavy atom. The van der Waals surface area contributed by atoms with Crippen molar-refractivity contribution in [3.05, 3.63) is 33.8 Å². The molecule has 1 aliphatic carbocycles. The highest BCUT2D eigenvalue weighted by atomic mass is 79.9. The van der Waals surface area contributed by atoms with Crippen LogP contribution in [0, 0.1) is 5.92 Å². The molecule has 0 spiro atoms. The zero-order chi connectivity index (χ0) is 13.2. The molecule has 3 heteroatoms. The van der Waals surface area contributed by atoms with Crippen LogP contribution in [0.4, 0.5) is 0 Å². The quantitative estimate of drug-likeness (QED) is 0.914. The van der Waals surface area contributed by atoms with Gasteiger partial charge in [-0.15, -0.1) is 0 Å². The molecule has 104 valence electrons. The van der Waals surface area contributed by atoms with Crippen molar-refractivity contribution < 1.29 is 0 Å². The summed E-state index contributed by atoms with van der Waals surface area (Å²) >= 11 is 3.67. The zero-order valence-electron chi connectivity index (χ0n) is 11.7.